The van der Waals surface area contributed by atoms with Crippen molar-refractivity contribution in [1.82, 2.24) is 10.3 Å². The molecule has 30 heavy (non-hydrogen) atoms. The molecule has 1 atom stereocenters. The number of rotatable bonds is 6. The van der Waals surface area contributed by atoms with E-state index >= 15 is 0 Å². The fraction of sp³-hybridized carbons (Fsp3) is 0.0952. The number of halogens is 2. The smallest absolute Gasteiger partial charge is 0.255 e. The van der Waals surface area contributed by atoms with Gasteiger partial charge in [0.15, 0.2) is 11.5 Å². The Morgan fingerprint density at radius 2 is 1.70 bits per heavy atom. The maximum atomic E-state index is 12.8. The number of nitrogens with one attached hydrogen (secondary N) is 2. The molecule has 1 heterocycles. The van der Waals surface area contributed by atoms with Gasteiger partial charge in [0.25, 0.3) is 5.91 Å². The fourth-order valence-electron chi connectivity index (χ4n) is 2.72. The van der Waals surface area contributed by atoms with Crippen LogP contribution in [-0.4, -0.2) is 33.1 Å². The molecule has 0 aliphatic rings. The first-order valence-electron chi connectivity index (χ1n) is 8.83. The van der Waals surface area contributed by atoms with Crippen molar-refractivity contribution in [2.45, 2.75) is 12.5 Å². The summed E-state index contributed by atoms with van der Waals surface area (Å²) in [6, 6.07) is 14.2. The highest BCUT2D eigenvalue weighted by atomic mass is 35.5. The van der Waals surface area contributed by atoms with Crippen molar-refractivity contribution in [3.05, 3.63) is 82.0 Å². The highest BCUT2D eigenvalue weighted by molar-refractivity contribution is 6.38. The number of carbonyl (C=O) groups excluding carboxylic acids is 2. The van der Waals surface area contributed by atoms with Crippen molar-refractivity contribution in [2.75, 3.05) is 5.32 Å². The zero-order chi connectivity index (χ0) is 21.7. The Morgan fingerprint density at radius 1 is 1.00 bits per heavy atom. The lowest BCUT2D eigenvalue weighted by molar-refractivity contribution is -0.118. The third-order valence-corrected chi connectivity index (χ3v) is 4.88. The van der Waals surface area contributed by atoms with Gasteiger partial charge in [-0.15, -0.1) is 0 Å². The van der Waals surface area contributed by atoms with Gasteiger partial charge in [0.1, 0.15) is 16.9 Å². The molecule has 0 saturated heterocycles. The van der Waals surface area contributed by atoms with Gasteiger partial charge in [-0.05, 0) is 23.8 Å². The molecular weight excluding hydrogens is 429 g/mol. The number of carbonyl (C=O) groups is 2. The quantitative estimate of drug-likeness (QED) is 0.461. The first kappa shape index (κ1) is 21.4. The van der Waals surface area contributed by atoms with Crippen LogP contribution in [0.25, 0.3) is 0 Å². The van der Waals surface area contributed by atoms with Crippen LogP contribution in [0.15, 0.2) is 60.8 Å². The Labute approximate surface area is 182 Å². The van der Waals surface area contributed by atoms with Crippen LogP contribution in [0.2, 0.25) is 10.0 Å². The van der Waals surface area contributed by atoms with Crippen LogP contribution in [0.1, 0.15) is 15.9 Å². The number of benzene rings is 2. The molecule has 4 N–H and O–H groups in total. The number of phenols is 2. The van der Waals surface area contributed by atoms with E-state index in [9.17, 15) is 19.8 Å². The van der Waals surface area contributed by atoms with Gasteiger partial charge < -0.3 is 20.8 Å². The van der Waals surface area contributed by atoms with Crippen molar-refractivity contribution in [3.63, 3.8) is 0 Å². The number of anilines is 1. The van der Waals surface area contributed by atoms with Crippen LogP contribution in [0.3, 0.4) is 0 Å². The first-order chi connectivity index (χ1) is 14.4. The fourth-order valence-corrected chi connectivity index (χ4v) is 3.17. The summed E-state index contributed by atoms with van der Waals surface area (Å²) in [6.07, 6.45) is 1.71. The van der Waals surface area contributed by atoms with Gasteiger partial charge >= 0.3 is 0 Å². The van der Waals surface area contributed by atoms with E-state index in [0.717, 1.165) is 11.6 Å². The predicted molar refractivity (Wildman–Crippen MR) is 114 cm³/mol. The molecule has 0 aliphatic carbocycles. The summed E-state index contributed by atoms with van der Waals surface area (Å²) in [6.45, 7) is 0. The maximum Gasteiger partial charge on any atom is 0.255 e. The molecule has 3 aromatic rings. The van der Waals surface area contributed by atoms with Crippen LogP contribution in [0, 0.1) is 0 Å². The molecule has 0 fully saturated rings. The topological polar surface area (TPSA) is 112 Å². The van der Waals surface area contributed by atoms with Crippen LogP contribution in [0.5, 0.6) is 11.5 Å². The average molecular weight is 446 g/mol. The van der Waals surface area contributed by atoms with Crippen LogP contribution >= 0.6 is 23.2 Å². The molecule has 0 bridgehead atoms. The minimum Gasteiger partial charge on any atom is -0.505 e. The van der Waals surface area contributed by atoms with Crippen LogP contribution < -0.4 is 10.6 Å². The summed E-state index contributed by atoms with van der Waals surface area (Å²) in [5.41, 5.74) is 0.538. The van der Waals surface area contributed by atoms with E-state index in [2.05, 4.69) is 15.6 Å². The molecule has 9 heteroatoms. The van der Waals surface area contributed by atoms with Gasteiger partial charge in [-0.2, -0.15) is 0 Å². The summed E-state index contributed by atoms with van der Waals surface area (Å²) in [7, 11) is 0. The molecule has 7 nitrogen and oxygen atoms in total. The Balaban J connectivity index is 1.86. The van der Waals surface area contributed by atoms with E-state index in [1.54, 1.807) is 18.2 Å². The second-order valence-corrected chi connectivity index (χ2v) is 7.12. The lowest BCUT2D eigenvalue weighted by atomic mass is 10.0. The summed E-state index contributed by atoms with van der Waals surface area (Å²) in [5, 5.41) is 24.4. The van der Waals surface area contributed by atoms with E-state index < -0.39 is 34.4 Å². The predicted octanol–water partition coefficient (Wildman–Crippen LogP) is 3.78. The molecule has 0 aliphatic heterocycles. The monoisotopic (exact) mass is 445 g/mol. The molecule has 0 unspecified atom stereocenters. The standard InChI is InChI=1S/C21H17Cl2N3O4/c22-14-11-13(18(27)17(23)19(14)28)20(29)25-15(10-12-6-2-1-3-7-12)21(30)26-16-8-4-5-9-24-16/h1-9,11,15,27-28H,10H2,(H,25,29)(H,24,26,30)/t15-/m1/s1. The Kier molecular flexibility index (Phi) is 6.76. The maximum absolute atomic E-state index is 12.8. The molecule has 0 spiro atoms. The Bertz CT molecular complexity index is 1060. The molecule has 1 aromatic heterocycles. The van der Waals surface area contributed by atoms with Gasteiger partial charge in [-0.1, -0.05) is 59.6 Å². The molecular formula is C21H17Cl2N3O4. The van der Waals surface area contributed by atoms with E-state index in [-0.39, 0.29) is 17.0 Å². The summed E-state index contributed by atoms with van der Waals surface area (Å²) in [4.78, 5) is 29.7. The zero-order valence-electron chi connectivity index (χ0n) is 15.5. The number of aromatic nitrogens is 1. The number of amides is 2. The third kappa shape index (κ3) is 5.00. The number of phenolic OH excluding ortho intramolecular Hbond substituents is 2. The molecule has 3 rings (SSSR count). The molecule has 2 aromatic carbocycles. The molecule has 2 amide bonds. The highest BCUT2D eigenvalue weighted by Gasteiger charge is 2.26. The van der Waals surface area contributed by atoms with Gasteiger partial charge in [0, 0.05) is 12.6 Å². The van der Waals surface area contributed by atoms with Gasteiger partial charge in [0.05, 0.1) is 10.6 Å². The third-order valence-electron chi connectivity index (χ3n) is 4.23. The number of nitrogens with zero attached hydrogens (tertiary/aromatic N) is 1. The number of hydrogen-bond acceptors (Lipinski definition) is 5. The molecule has 0 saturated carbocycles. The summed E-state index contributed by atoms with van der Waals surface area (Å²) < 4.78 is 0. The molecule has 154 valence electrons. The van der Waals surface area contributed by atoms with Gasteiger partial charge in [-0.3, -0.25) is 9.59 Å². The average Bonchev–Trinajstić information content (AvgIpc) is 2.75. The van der Waals surface area contributed by atoms with Crippen LogP contribution in [0.4, 0.5) is 5.82 Å². The summed E-state index contributed by atoms with van der Waals surface area (Å²) >= 11 is 11.7. The molecule has 0 radical (unpaired) electrons. The van der Waals surface area contributed by atoms with E-state index in [0.29, 0.717) is 5.82 Å². The number of aromatic hydroxyl groups is 2. The number of pyridine rings is 1. The van der Waals surface area contributed by atoms with Crippen molar-refractivity contribution >= 4 is 40.8 Å². The zero-order valence-corrected chi connectivity index (χ0v) is 17.0. The summed E-state index contributed by atoms with van der Waals surface area (Å²) in [5.74, 6) is -2.14. The normalized spacial score (nSPS) is 11.5. The van der Waals surface area contributed by atoms with E-state index in [4.69, 9.17) is 23.2 Å². The minimum atomic E-state index is -0.993. The van der Waals surface area contributed by atoms with Gasteiger partial charge in [-0.25, -0.2) is 4.98 Å². The Morgan fingerprint density at radius 3 is 2.37 bits per heavy atom. The van der Waals surface area contributed by atoms with E-state index in [1.165, 1.54) is 6.20 Å². The first-order valence-corrected chi connectivity index (χ1v) is 9.59. The largest absolute Gasteiger partial charge is 0.505 e. The lowest BCUT2D eigenvalue weighted by Gasteiger charge is -2.19. The minimum absolute atomic E-state index is 0.186. The van der Waals surface area contributed by atoms with Crippen molar-refractivity contribution in [1.29, 1.82) is 0 Å². The SMILES string of the molecule is O=C(N[C@H](Cc1ccccc1)C(=O)Nc1ccccn1)c1cc(Cl)c(O)c(Cl)c1O. The Hall–Kier alpha value is -3.29. The second-order valence-electron chi connectivity index (χ2n) is 6.34. The van der Waals surface area contributed by atoms with E-state index in [1.807, 2.05) is 30.3 Å². The second kappa shape index (κ2) is 9.47. The van der Waals surface area contributed by atoms with Crippen LogP contribution in [-0.2, 0) is 11.2 Å². The highest BCUT2D eigenvalue weighted by Crippen LogP contribution is 2.40. The van der Waals surface area contributed by atoms with Gasteiger partial charge in [0.2, 0.25) is 5.91 Å². The van der Waals surface area contributed by atoms with Crippen molar-refractivity contribution in [3.8, 4) is 11.5 Å². The van der Waals surface area contributed by atoms with Crippen molar-refractivity contribution in [2.24, 2.45) is 0 Å². The van der Waals surface area contributed by atoms with Crippen molar-refractivity contribution < 1.29 is 19.8 Å². The number of hydrogen-bond donors (Lipinski definition) is 4. The lowest BCUT2D eigenvalue weighted by Crippen LogP contribution is -2.45.